The zero-order valence-corrected chi connectivity index (χ0v) is 14.5. The van der Waals surface area contributed by atoms with Crippen LogP contribution in [-0.2, 0) is 19.1 Å². The lowest BCUT2D eigenvalue weighted by Gasteiger charge is -2.05. The molecule has 0 heterocycles. The Hall–Kier alpha value is -1.06. The van der Waals surface area contributed by atoms with E-state index in [4.69, 9.17) is 9.47 Å². The van der Waals surface area contributed by atoms with Crippen LogP contribution in [0.1, 0.15) is 90.9 Å². The van der Waals surface area contributed by atoms with Gasteiger partial charge in [0.25, 0.3) is 0 Å². The number of unbranched alkanes of at least 4 members (excludes halogenated alkanes) is 10. The molecule has 0 spiro atoms. The van der Waals surface area contributed by atoms with E-state index in [0.717, 1.165) is 25.7 Å². The second kappa shape index (κ2) is 16.3. The second-order valence-electron chi connectivity index (χ2n) is 5.81. The summed E-state index contributed by atoms with van der Waals surface area (Å²) < 4.78 is 9.67. The van der Waals surface area contributed by atoms with E-state index in [1.165, 1.54) is 51.4 Å². The van der Waals surface area contributed by atoms with Crippen LogP contribution in [0.25, 0.3) is 0 Å². The number of hydrogen-bond donors (Lipinski definition) is 0. The Balaban J connectivity index is 3.28. The molecular formula is C18H34O4. The highest BCUT2D eigenvalue weighted by atomic mass is 16.6. The van der Waals surface area contributed by atoms with Crippen molar-refractivity contribution in [2.45, 2.75) is 90.9 Å². The van der Waals surface area contributed by atoms with Gasteiger partial charge in [0, 0.05) is 0 Å². The van der Waals surface area contributed by atoms with Crippen molar-refractivity contribution in [2.75, 3.05) is 13.2 Å². The van der Waals surface area contributed by atoms with Crippen LogP contribution in [0.3, 0.4) is 0 Å². The first-order valence-corrected chi connectivity index (χ1v) is 9.06. The molecule has 0 aromatic carbocycles. The zero-order chi connectivity index (χ0) is 16.5. The van der Waals surface area contributed by atoms with Crippen molar-refractivity contribution >= 4 is 11.9 Å². The Morgan fingerprint density at radius 1 is 0.545 bits per heavy atom. The van der Waals surface area contributed by atoms with Gasteiger partial charge in [-0.05, 0) is 12.8 Å². The smallest absolute Gasteiger partial charge is 0.417 e. The van der Waals surface area contributed by atoms with Crippen molar-refractivity contribution in [1.82, 2.24) is 0 Å². The van der Waals surface area contributed by atoms with Crippen molar-refractivity contribution in [3.05, 3.63) is 0 Å². The summed E-state index contributed by atoms with van der Waals surface area (Å²) >= 11 is 0. The van der Waals surface area contributed by atoms with E-state index in [2.05, 4.69) is 6.92 Å². The predicted molar refractivity (Wildman–Crippen MR) is 88.7 cm³/mol. The Morgan fingerprint density at radius 2 is 0.909 bits per heavy atom. The fraction of sp³-hybridized carbons (Fsp3) is 0.889. The van der Waals surface area contributed by atoms with E-state index in [1.807, 2.05) is 6.92 Å². The lowest BCUT2D eigenvalue weighted by molar-refractivity contribution is -0.167. The molecule has 0 amide bonds. The maximum absolute atomic E-state index is 11.3. The molecule has 0 saturated carbocycles. The van der Waals surface area contributed by atoms with Gasteiger partial charge in [-0.25, -0.2) is 9.59 Å². The van der Waals surface area contributed by atoms with Crippen molar-refractivity contribution in [3.8, 4) is 0 Å². The first-order chi connectivity index (χ1) is 10.7. The summed E-state index contributed by atoms with van der Waals surface area (Å²) in [6.45, 7) is 4.84. The number of carbonyl (C=O) groups is 2. The van der Waals surface area contributed by atoms with Gasteiger partial charge in [-0.2, -0.15) is 0 Å². The number of hydrogen-bond acceptors (Lipinski definition) is 4. The summed E-state index contributed by atoms with van der Waals surface area (Å²) in [5, 5.41) is 0. The van der Waals surface area contributed by atoms with Crippen molar-refractivity contribution < 1.29 is 19.1 Å². The van der Waals surface area contributed by atoms with Crippen LogP contribution in [0.2, 0.25) is 0 Å². The third-order valence-corrected chi connectivity index (χ3v) is 3.63. The Bertz CT molecular complexity index is 276. The molecule has 0 aromatic rings. The van der Waals surface area contributed by atoms with Gasteiger partial charge in [0.05, 0.1) is 13.2 Å². The highest BCUT2D eigenvalue weighted by Gasteiger charge is 2.16. The van der Waals surface area contributed by atoms with Gasteiger partial charge in [0.2, 0.25) is 0 Å². The van der Waals surface area contributed by atoms with Crippen molar-refractivity contribution in [2.24, 2.45) is 0 Å². The summed E-state index contributed by atoms with van der Waals surface area (Å²) in [6, 6.07) is 0. The minimum Gasteiger partial charge on any atom is -0.457 e. The molecule has 0 bridgehead atoms. The molecule has 0 unspecified atom stereocenters. The normalized spacial score (nSPS) is 10.5. The molecule has 0 N–H and O–H groups in total. The van der Waals surface area contributed by atoms with Crippen molar-refractivity contribution in [1.29, 1.82) is 0 Å². The third-order valence-electron chi connectivity index (χ3n) is 3.63. The van der Waals surface area contributed by atoms with Gasteiger partial charge in [0.15, 0.2) is 0 Å². The summed E-state index contributed by atoms with van der Waals surface area (Å²) in [6.07, 6.45) is 14.0. The summed E-state index contributed by atoms with van der Waals surface area (Å²) in [5.74, 6) is -1.72. The third kappa shape index (κ3) is 13.9. The van der Waals surface area contributed by atoms with E-state index in [1.54, 1.807) is 0 Å². The van der Waals surface area contributed by atoms with E-state index < -0.39 is 11.9 Å². The van der Waals surface area contributed by atoms with Crippen LogP contribution < -0.4 is 0 Å². The van der Waals surface area contributed by atoms with Crippen LogP contribution >= 0.6 is 0 Å². The molecular weight excluding hydrogens is 280 g/mol. The summed E-state index contributed by atoms with van der Waals surface area (Å²) in [7, 11) is 0. The van der Waals surface area contributed by atoms with Crippen molar-refractivity contribution in [3.63, 3.8) is 0 Å². The van der Waals surface area contributed by atoms with Crippen LogP contribution in [-0.4, -0.2) is 25.2 Å². The second-order valence-corrected chi connectivity index (χ2v) is 5.81. The van der Waals surface area contributed by atoms with Crippen LogP contribution in [0.5, 0.6) is 0 Å². The molecule has 0 rings (SSSR count). The van der Waals surface area contributed by atoms with Gasteiger partial charge in [-0.3, -0.25) is 0 Å². The number of esters is 2. The standard InChI is InChI=1S/C18H34O4/c1-3-5-7-8-9-10-11-12-13-14-16-22-18(20)17(19)21-15-6-4-2/h3-16H2,1-2H3. The van der Waals surface area contributed by atoms with E-state index in [9.17, 15) is 9.59 Å². The summed E-state index contributed by atoms with van der Waals surface area (Å²) in [5.41, 5.74) is 0. The van der Waals surface area contributed by atoms with Gasteiger partial charge in [0.1, 0.15) is 0 Å². The maximum Gasteiger partial charge on any atom is 0.417 e. The molecule has 0 aliphatic rings. The summed E-state index contributed by atoms with van der Waals surface area (Å²) in [4.78, 5) is 22.5. The SMILES string of the molecule is CCCCCCCCCCCCOC(=O)C(=O)OCCCC. The topological polar surface area (TPSA) is 52.6 Å². The zero-order valence-electron chi connectivity index (χ0n) is 14.5. The Kier molecular flexibility index (Phi) is 15.5. The molecule has 0 saturated heterocycles. The molecule has 0 atom stereocenters. The number of rotatable bonds is 14. The maximum atomic E-state index is 11.3. The fourth-order valence-corrected chi connectivity index (χ4v) is 2.18. The van der Waals surface area contributed by atoms with Gasteiger partial charge in [-0.1, -0.05) is 78.1 Å². The van der Waals surface area contributed by atoms with Gasteiger partial charge >= 0.3 is 11.9 Å². The average Bonchev–Trinajstić information content (AvgIpc) is 2.52. The minimum absolute atomic E-state index is 0.294. The monoisotopic (exact) mass is 314 g/mol. The lowest BCUT2D eigenvalue weighted by atomic mass is 10.1. The molecule has 0 fully saturated rings. The van der Waals surface area contributed by atoms with E-state index in [0.29, 0.717) is 13.2 Å². The van der Waals surface area contributed by atoms with E-state index >= 15 is 0 Å². The van der Waals surface area contributed by atoms with Crippen LogP contribution in [0.4, 0.5) is 0 Å². The quantitative estimate of drug-likeness (QED) is 0.263. The predicted octanol–water partition coefficient (Wildman–Crippen LogP) is 4.79. The molecule has 0 aromatic heterocycles. The molecule has 22 heavy (non-hydrogen) atoms. The van der Waals surface area contributed by atoms with E-state index in [-0.39, 0.29) is 0 Å². The molecule has 0 radical (unpaired) electrons. The Labute approximate surface area is 135 Å². The first kappa shape index (κ1) is 20.9. The Morgan fingerprint density at radius 3 is 1.36 bits per heavy atom. The van der Waals surface area contributed by atoms with Crippen LogP contribution in [0, 0.1) is 0 Å². The van der Waals surface area contributed by atoms with Gasteiger partial charge in [-0.15, -0.1) is 0 Å². The minimum atomic E-state index is -0.861. The molecule has 130 valence electrons. The first-order valence-electron chi connectivity index (χ1n) is 9.06. The molecule has 0 aliphatic carbocycles. The number of carbonyl (C=O) groups excluding carboxylic acids is 2. The highest BCUT2D eigenvalue weighted by molar-refractivity contribution is 6.29. The largest absolute Gasteiger partial charge is 0.457 e. The highest BCUT2D eigenvalue weighted by Crippen LogP contribution is 2.10. The van der Waals surface area contributed by atoms with Crippen LogP contribution in [0.15, 0.2) is 0 Å². The molecule has 0 aliphatic heterocycles. The fourth-order valence-electron chi connectivity index (χ4n) is 2.18. The number of ether oxygens (including phenoxy) is 2. The molecule has 4 nitrogen and oxygen atoms in total. The average molecular weight is 314 g/mol. The van der Waals surface area contributed by atoms with Gasteiger partial charge < -0.3 is 9.47 Å². The molecule has 4 heteroatoms. The lowest BCUT2D eigenvalue weighted by Crippen LogP contribution is -2.21.